The predicted octanol–water partition coefficient (Wildman–Crippen LogP) is 5.31. The maximum Gasteiger partial charge on any atom is 0.268 e. The van der Waals surface area contributed by atoms with E-state index < -0.39 is 0 Å². The van der Waals surface area contributed by atoms with E-state index in [9.17, 15) is 9.59 Å². The summed E-state index contributed by atoms with van der Waals surface area (Å²) < 4.78 is 0. The first-order valence-corrected chi connectivity index (χ1v) is 11.1. The largest absolute Gasteiger partial charge is 0.345 e. The van der Waals surface area contributed by atoms with Crippen LogP contribution in [0, 0.1) is 6.92 Å². The number of anilines is 1. The van der Waals surface area contributed by atoms with Crippen LogP contribution >= 0.6 is 11.3 Å². The van der Waals surface area contributed by atoms with Crippen molar-refractivity contribution in [3.8, 4) is 0 Å². The Morgan fingerprint density at radius 1 is 0.967 bits per heavy atom. The van der Waals surface area contributed by atoms with Crippen LogP contribution in [0.25, 0.3) is 0 Å². The lowest BCUT2D eigenvalue weighted by Gasteiger charge is -2.23. The average molecular weight is 421 g/mol. The molecule has 2 aromatic carbocycles. The van der Waals surface area contributed by atoms with Crippen LogP contribution in [0.3, 0.4) is 0 Å². The molecule has 0 aliphatic heterocycles. The van der Waals surface area contributed by atoms with Gasteiger partial charge in [0.25, 0.3) is 5.91 Å². The minimum atomic E-state index is -0.0157. The zero-order valence-corrected chi connectivity index (χ0v) is 18.6. The number of aryl methyl sites for hydroxylation is 1. The molecule has 0 unspecified atom stereocenters. The number of rotatable bonds is 8. The number of nitrogens with zero attached hydrogens (tertiary/aromatic N) is 2. The minimum Gasteiger partial charge on any atom is -0.345 e. The third-order valence-corrected chi connectivity index (χ3v) is 5.85. The summed E-state index contributed by atoms with van der Waals surface area (Å²) in [5, 5.41) is 1.92. The van der Waals surface area contributed by atoms with Crippen LogP contribution < -0.4 is 4.90 Å². The maximum atomic E-state index is 13.2. The lowest BCUT2D eigenvalue weighted by molar-refractivity contribution is -0.129. The van der Waals surface area contributed by atoms with E-state index >= 15 is 0 Å². The number of hydrogen-bond donors (Lipinski definition) is 0. The van der Waals surface area contributed by atoms with Gasteiger partial charge in [-0.3, -0.25) is 9.59 Å². The molecule has 0 fully saturated rings. The Bertz CT molecular complexity index is 981. The molecule has 1 aromatic heterocycles. The third kappa shape index (κ3) is 5.57. The van der Waals surface area contributed by atoms with Crippen LogP contribution in [0.2, 0.25) is 0 Å². The van der Waals surface area contributed by atoms with Crippen LogP contribution in [0.15, 0.2) is 66.0 Å². The monoisotopic (exact) mass is 420 g/mol. The van der Waals surface area contributed by atoms with Crippen molar-refractivity contribution in [3.63, 3.8) is 0 Å². The van der Waals surface area contributed by atoms with Crippen LogP contribution in [0.1, 0.15) is 39.7 Å². The fraction of sp³-hybridized carbons (Fsp3) is 0.280. The molecule has 0 aliphatic rings. The van der Waals surface area contributed by atoms with E-state index in [2.05, 4.69) is 26.0 Å². The molecule has 0 N–H and O–H groups in total. The molecular weight excluding hydrogens is 392 g/mol. The Morgan fingerprint density at radius 3 is 2.37 bits per heavy atom. The Labute approximate surface area is 182 Å². The molecule has 0 saturated carbocycles. The highest BCUT2D eigenvalue weighted by atomic mass is 32.1. The van der Waals surface area contributed by atoms with Crippen molar-refractivity contribution in [2.75, 3.05) is 18.5 Å². The fourth-order valence-corrected chi connectivity index (χ4v) is 4.04. The van der Waals surface area contributed by atoms with Gasteiger partial charge in [0.15, 0.2) is 0 Å². The summed E-state index contributed by atoms with van der Waals surface area (Å²) >= 11 is 1.45. The van der Waals surface area contributed by atoms with Crippen LogP contribution in [-0.4, -0.2) is 30.3 Å². The zero-order chi connectivity index (χ0) is 21.5. The molecule has 2 amide bonds. The van der Waals surface area contributed by atoms with Gasteiger partial charge in [-0.05, 0) is 48.1 Å². The standard InChI is InChI=1S/C25H28N2O2S/c1-4-14-26(3)24(28)17-20-10-12-22(13-11-20)27(25(29)23-9-6-15-30-23)18-21-8-5-7-19(2)16-21/h5-13,15-16H,4,14,17-18H2,1-3H3. The molecule has 156 valence electrons. The summed E-state index contributed by atoms with van der Waals surface area (Å²) in [5.74, 6) is 0.0916. The highest BCUT2D eigenvalue weighted by Crippen LogP contribution is 2.23. The van der Waals surface area contributed by atoms with Gasteiger partial charge in [0.05, 0.1) is 17.8 Å². The second-order valence-electron chi connectivity index (χ2n) is 7.52. The first-order valence-electron chi connectivity index (χ1n) is 10.2. The smallest absolute Gasteiger partial charge is 0.268 e. The Balaban J connectivity index is 1.82. The van der Waals surface area contributed by atoms with E-state index in [0.717, 1.165) is 29.8 Å². The van der Waals surface area contributed by atoms with E-state index in [-0.39, 0.29) is 11.8 Å². The van der Waals surface area contributed by atoms with Gasteiger partial charge in [0.1, 0.15) is 0 Å². The van der Waals surface area contributed by atoms with Gasteiger partial charge >= 0.3 is 0 Å². The molecule has 1 heterocycles. The first-order chi connectivity index (χ1) is 14.5. The molecule has 0 bridgehead atoms. The van der Waals surface area contributed by atoms with E-state index in [4.69, 9.17) is 0 Å². The van der Waals surface area contributed by atoms with E-state index in [1.165, 1.54) is 16.9 Å². The molecule has 0 atom stereocenters. The van der Waals surface area contributed by atoms with Gasteiger partial charge in [-0.25, -0.2) is 0 Å². The summed E-state index contributed by atoms with van der Waals surface area (Å²) in [6.45, 7) is 5.37. The fourth-order valence-electron chi connectivity index (χ4n) is 3.37. The summed E-state index contributed by atoms with van der Waals surface area (Å²) in [6, 6.07) is 19.7. The summed E-state index contributed by atoms with van der Waals surface area (Å²) in [5.41, 5.74) is 4.03. The van der Waals surface area contributed by atoms with Gasteiger partial charge < -0.3 is 9.80 Å². The van der Waals surface area contributed by atoms with Crippen molar-refractivity contribution in [1.82, 2.24) is 4.90 Å². The number of benzene rings is 2. The molecule has 30 heavy (non-hydrogen) atoms. The highest BCUT2D eigenvalue weighted by Gasteiger charge is 2.19. The number of amides is 2. The number of thiophene rings is 1. The molecule has 5 heteroatoms. The number of carbonyl (C=O) groups is 2. The lowest BCUT2D eigenvalue weighted by atomic mass is 10.1. The summed E-state index contributed by atoms with van der Waals surface area (Å²) in [7, 11) is 1.84. The van der Waals surface area contributed by atoms with Crippen LogP contribution in [0.5, 0.6) is 0 Å². The summed E-state index contributed by atoms with van der Waals surface area (Å²) in [6.07, 6.45) is 1.31. The molecule has 0 saturated heterocycles. The quantitative estimate of drug-likeness (QED) is 0.495. The molecule has 3 rings (SSSR count). The van der Waals surface area contributed by atoms with Gasteiger partial charge in [0.2, 0.25) is 5.91 Å². The van der Waals surface area contributed by atoms with Gasteiger partial charge in [-0.2, -0.15) is 0 Å². The van der Waals surface area contributed by atoms with Crippen LogP contribution in [-0.2, 0) is 17.8 Å². The molecule has 0 aliphatic carbocycles. The van der Waals surface area contributed by atoms with E-state index in [0.29, 0.717) is 17.8 Å². The molecule has 3 aromatic rings. The van der Waals surface area contributed by atoms with Gasteiger partial charge in [-0.15, -0.1) is 11.3 Å². The van der Waals surface area contributed by atoms with Crippen molar-refractivity contribution in [1.29, 1.82) is 0 Å². The minimum absolute atomic E-state index is 0.0157. The molecule has 4 nitrogen and oxygen atoms in total. The molecule has 0 radical (unpaired) electrons. The first kappa shape index (κ1) is 21.8. The Hall–Kier alpha value is -2.92. The zero-order valence-electron chi connectivity index (χ0n) is 17.8. The van der Waals surface area contributed by atoms with Crippen molar-refractivity contribution < 1.29 is 9.59 Å². The van der Waals surface area contributed by atoms with Crippen molar-refractivity contribution in [3.05, 3.63) is 87.6 Å². The normalized spacial score (nSPS) is 10.6. The number of likely N-dealkylation sites (N-methyl/N-ethyl adjacent to an activating group) is 1. The lowest BCUT2D eigenvalue weighted by Crippen LogP contribution is -2.30. The number of carbonyl (C=O) groups excluding carboxylic acids is 2. The Kier molecular flexibility index (Phi) is 7.41. The van der Waals surface area contributed by atoms with E-state index in [1.807, 2.05) is 61.0 Å². The Morgan fingerprint density at radius 2 is 1.73 bits per heavy atom. The van der Waals surface area contributed by atoms with Gasteiger partial charge in [-0.1, -0.05) is 55.0 Å². The molecular formula is C25H28N2O2S. The predicted molar refractivity (Wildman–Crippen MR) is 124 cm³/mol. The van der Waals surface area contributed by atoms with E-state index in [1.54, 1.807) is 9.80 Å². The van der Waals surface area contributed by atoms with Crippen molar-refractivity contribution in [2.24, 2.45) is 0 Å². The van der Waals surface area contributed by atoms with Crippen molar-refractivity contribution in [2.45, 2.75) is 33.2 Å². The second kappa shape index (κ2) is 10.2. The van der Waals surface area contributed by atoms with Gasteiger partial charge in [0, 0.05) is 19.3 Å². The third-order valence-electron chi connectivity index (χ3n) is 4.99. The SMILES string of the molecule is CCCN(C)C(=O)Cc1ccc(N(Cc2cccc(C)c2)C(=O)c2cccs2)cc1. The average Bonchev–Trinajstić information content (AvgIpc) is 3.27. The highest BCUT2D eigenvalue weighted by molar-refractivity contribution is 7.12. The number of hydrogen-bond acceptors (Lipinski definition) is 3. The van der Waals surface area contributed by atoms with Crippen LogP contribution in [0.4, 0.5) is 5.69 Å². The van der Waals surface area contributed by atoms with Crippen molar-refractivity contribution >= 4 is 28.8 Å². The topological polar surface area (TPSA) is 40.6 Å². The molecule has 0 spiro atoms. The summed E-state index contributed by atoms with van der Waals surface area (Å²) in [4.78, 5) is 29.8. The maximum absolute atomic E-state index is 13.2. The second-order valence-corrected chi connectivity index (χ2v) is 8.46.